The van der Waals surface area contributed by atoms with Crippen LogP contribution in [0.4, 0.5) is 0 Å². The van der Waals surface area contributed by atoms with E-state index in [-0.39, 0.29) is 5.60 Å². The van der Waals surface area contributed by atoms with Crippen LogP contribution in [0, 0.1) is 0 Å². The maximum absolute atomic E-state index is 5.72. The van der Waals surface area contributed by atoms with Crippen molar-refractivity contribution in [3.05, 3.63) is 11.9 Å². The molecule has 1 aromatic heterocycles. The van der Waals surface area contributed by atoms with E-state index in [9.17, 15) is 0 Å². The molecule has 2 rings (SSSR count). The van der Waals surface area contributed by atoms with Crippen LogP contribution in [-0.4, -0.2) is 57.8 Å². The normalized spacial score (nSPS) is 19.6. The van der Waals surface area contributed by atoms with Crippen molar-refractivity contribution in [3.8, 4) is 0 Å². The summed E-state index contributed by atoms with van der Waals surface area (Å²) in [6.07, 6.45) is 2.03. The molecule has 0 radical (unpaired) electrons. The van der Waals surface area contributed by atoms with E-state index in [2.05, 4.69) is 48.2 Å². The molecule has 0 atom stereocenters. The highest BCUT2D eigenvalue weighted by atomic mass is 16.5. The summed E-state index contributed by atoms with van der Waals surface area (Å²) in [6, 6.07) is 0.468. The van der Waals surface area contributed by atoms with Crippen LogP contribution in [-0.2, 0) is 17.8 Å². The Labute approximate surface area is 121 Å². The summed E-state index contributed by atoms with van der Waals surface area (Å²) in [5, 5.41) is 11.7. The van der Waals surface area contributed by atoms with E-state index in [1.807, 2.05) is 10.9 Å². The van der Waals surface area contributed by atoms with E-state index in [1.165, 1.54) is 0 Å². The third kappa shape index (κ3) is 4.85. The third-order valence-corrected chi connectivity index (χ3v) is 3.43. The fourth-order valence-electron chi connectivity index (χ4n) is 2.39. The van der Waals surface area contributed by atoms with Crippen LogP contribution in [0.3, 0.4) is 0 Å². The molecule has 0 aliphatic carbocycles. The van der Waals surface area contributed by atoms with Crippen LogP contribution in [0.15, 0.2) is 6.20 Å². The van der Waals surface area contributed by atoms with Crippen LogP contribution in [0.5, 0.6) is 0 Å². The molecule has 1 fully saturated rings. The fraction of sp³-hybridized carbons (Fsp3) is 0.857. The first-order valence-corrected chi connectivity index (χ1v) is 7.43. The average Bonchev–Trinajstić information content (AvgIpc) is 2.81. The molecule has 1 aliphatic heterocycles. The molecule has 6 nitrogen and oxygen atoms in total. The highest BCUT2D eigenvalue weighted by Crippen LogP contribution is 2.15. The molecule has 0 amide bonds. The number of morpholine rings is 1. The van der Waals surface area contributed by atoms with Crippen molar-refractivity contribution in [2.45, 2.75) is 52.4 Å². The zero-order valence-corrected chi connectivity index (χ0v) is 13.1. The Morgan fingerprint density at radius 1 is 1.40 bits per heavy atom. The van der Waals surface area contributed by atoms with E-state index in [4.69, 9.17) is 4.74 Å². The molecule has 1 saturated heterocycles. The van der Waals surface area contributed by atoms with E-state index < -0.39 is 0 Å². The lowest BCUT2D eigenvalue weighted by Crippen LogP contribution is -2.49. The molecule has 0 bridgehead atoms. The van der Waals surface area contributed by atoms with Gasteiger partial charge in [0.15, 0.2) is 0 Å². The van der Waals surface area contributed by atoms with Crippen LogP contribution >= 0.6 is 0 Å². The SMILES string of the molecule is CC(C)NCc1cn(CCN2CCOC(C)(C)C2)nn1. The quantitative estimate of drug-likeness (QED) is 0.839. The largest absolute Gasteiger partial charge is 0.373 e. The maximum Gasteiger partial charge on any atom is 0.0964 e. The Hall–Kier alpha value is -0.980. The van der Waals surface area contributed by atoms with E-state index in [0.29, 0.717) is 6.04 Å². The van der Waals surface area contributed by atoms with Gasteiger partial charge in [0.2, 0.25) is 0 Å². The minimum atomic E-state index is -0.0348. The van der Waals surface area contributed by atoms with Crippen molar-refractivity contribution in [1.29, 1.82) is 0 Å². The van der Waals surface area contributed by atoms with Crippen LogP contribution < -0.4 is 5.32 Å². The molecule has 1 aromatic rings. The molecule has 20 heavy (non-hydrogen) atoms. The molecule has 6 heteroatoms. The number of hydrogen-bond acceptors (Lipinski definition) is 5. The molecular formula is C14H27N5O. The van der Waals surface area contributed by atoms with Crippen molar-refractivity contribution < 1.29 is 4.74 Å². The standard InChI is InChI=1S/C14H27N5O/c1-12(2)15-9-13-10-19(17-16-13)6-5-18-7-8-20-14(3,4)11-18/h10,12,15H,5-9,11H2,1-4H3. The lowest BCUT2D eigenvalue weighted by atomic mass is 10.1. The predicted molar refractivity (Wildman–Crippen MR) is 78.5 cm³/mol. The lowest BCUT2D eigenvalue weighted by Gasteiger charge is -2.38. The van der Waals surface area contributed by atoms with Gasteiger partial charge in [-0.2, -0.15) is 0 Å². The first-order valence-electron chi connectivity index (χ1n) is 7.43. The topological polar surface area (TPSA) is 55.2 Å². The van der Waals surface area contributed by atoms with E-state index in [0.717, 1.165) is 45.0 Å². The zero-order valence-electron chi connectivity index (χ0n) is 13.1. The monoisotopic (exact) mass is 281 g/mol. The van der Waals surface area contributed by atoms with Crippen LogP contribution in [0.1, 0.15) is 33.4 Å². The highest BCUT2D eigenvalue weighted by molar-refractivity contribution is 4.92. The van der Waals surface area contributed by atoms with Crippen molar-refractivity contribution in [2.75, 3.05) is 26.2 Å². The second-order valence-corrected chi connectivity index (χ2v) is 6.39. The van der Waals surface area contributed by atoms with Gasteiger partial charge in [-0.25, -0.2) is 0 Å². The molecule has 2 heterocycles. The lowest BCUT2D eigenvalue weighted by molar-refractivity contribution is -0.0866. The summed E-state index contributed by atoms with van der Waals surface area (Å²) >= 11 is 0. The van der Waals surface area contributed by atoms with Gasteiger partial charge in [0.25, 0.3) is 0 Å². The van der Waals surface area contributed by atoms with Gasteiger partial charge in [-0.3, -0.25) is 9.58 Å². The molecular weight excluding hydrogens is 254 g/mol. The molecule has 0 saturated carbocycles. The summed E-state index contributed by atoms with van der Waals surface area (Å²) in [6.45, 7) is 14.0. The Kier molecular flexibility index (Phi) is 5.12. The van der Waals surface area contributed by atoms with Gasteiger partial charge in [0.1, 0.15) is 0 Å². The summed E-state index contributed by atoms with van der Waals surface area (Å²) < 4.78 is 7.65. The molecule has 0 unspecified atom stereocenters. The predicted octanol–water partition coefficient (Wildman–Crippen LogP) is 0.887. The third-order valence-electron chi connectivity index (χ3n) is 3.43. The Balaban J connectivity index is 1.76. The maximum atomic E-state index is 5.72. The van der Waals surface area contributed by atoms with Crippen molar-refractivity contribution in [1.82, 2.24) is 25.2 Å². The summed E-state index contributed by atoms with van der Waals surface area (Å²) in [4.78, 5) is 2.43. The number of ether oxygens (including phenoxy) is 1. The average molecular weight is 281 g/mol. The summed E-state index contributed by atoms with van der Waals surface area (Å²) in [5.74, 6) is 0. The van der Waals surface area contributed by atoms with Crippen molar-refractivity contribution in [3.63, 3.8) is 0 Å². The van der Waals surface area contributed by atoms with Gasteiger partial charge < -0.3 is 10.1 Å². The van der Waals surface area contributed by atoms with Gasteiger partial charge in [-0.1, -0.05) is 19.1 Å². The van der Waals surface area contributed by atoms with Crippen LogP contribution in [0.2, 0.25) is 0 Å². The van der Waals surface area contributed by atoms with Gasteiger partial charge in [-0.05, 0) is 13.8 Å². The highest BCUT2D eigenvalue weighted by Gasteiger charge is 2.26. The first kappa shape index (κ1) is 15.4. The number of hydrogen-bond donors (Lipinski definition) is 1. The van der Waals surface area contributed by atoms with E-state index in [1.54, 1.807) is 0 Å². The zero-order chi connectivity index (χ0) is 14.6. The van der Waals surface area contributed by atoms with Gasteiger partial charge in [0.05, 0.1) is 24.4 Å². The molecule has 114 valence electrons. The number of nitrogens with one attached hydrogen (secondary N) is 1. The number of rotatable bonds is 6. The summed E-state index contributed by atoms with van der Waals surface area (Å²) in [7, 11) is 0. The van der Waals surface area contributed by atoms with Crippen LogP contribution in [0.25, 0.3) is 0 Å². The smallest absolute Gasteiger partial charge is 0.0964 e. The number of nitrogens with zero attached hydrogens (tertiary/aromatic N) is 4. The summed E-state index contributed by atoms with van der Waals surface area (Å²) in [5.41, 5.74) is 0.966. The minimum absolute atomic E-state index is 0.0348. The Bertz CT molecular complexity index is 415. The van der Waals surface area contributed by atoms with Gasteiger partial charge >= 0.3 is 0 Å². The molecule has 1 N–H and O–H groups in total. The van der Waals surface area contributed by atoms with Gasteiger partial charge in [-0.15, -0.1) is 5.10 Å². The molecule has 0 spiro atoms. The molecule has 1 aliphatic rings. The number of aromatic nitrogens is 3. The van der Waals surface area contributed by atoms with Gasteiger partial charge in [0, 0.05) is 38.4 Å². The van der Waals surface area contributed by atoms with Crippen molar-refractivity contribution >= 4 is 0 Å². The second kappa shape index (κ2) is 6.65. The minimum Gasteiger partial charge on any atom is -0.373 e. The molecule has 0 aromatic carbocycles. The first-order chi connectivity index (χ1) is 9.44. The fourth-order valence-corrected chi connectivity index (χ4v) is 2.39. The Morgan fingerprint density at radius 3 is 2.90 bits per heavy atom. The Morgan fingerprint density at radius 2 is 2.20 bits per heavy atom. The van der Waals surface area contributed by atoms with Crippen molar-refractivity contribution in [2.24, 2.45) is 0 Å². The second-order valence-electron chi connectivity index (χ2n) is 6.39. The van der Waals surface area contributed by atoms with E-state index >= 15 is 0 Å².